The van der Waals surface area contributed by atoms with Gasteiger partial charge in [0.25, 0.3) is 0 Å². The minimum Gasteiger partial charge on any atom is -0.490 e. The van der Waals surface area contributed by atoms with E-state index < -0.39 is 0 Å². The number of benzene rings is 1. The number of rotatable bonds is 12. The molecule has 0 heterocycles. The van der Waals surface area contributed by atoms with Crippen molar-refractivity contribution < 1.29 is 14.3 Å². The molecule has 0 radical (unpaired) electrons. The first-order valence-corrected chi connectivity index (χ1v) is 9.43. The van der Waals surface area contributed by atoms with E-state index in [0.717, 1.165) is 50.1 Å². The SMILES string of the molecule is CCNCCCCC(CC)Oc1ccc(C(=O)OCC)c(CCl)c1. The summed E-state index contributed by atoms with van der Waals surface area (Å²) in [5, 5.41) is 3.33. The Bertz CT molecular complexity index is 494. The summed E-state index contributed by atoms with van der Waals surface area (Å²) in [4.78, 5) is 11.9. The van der Waals surface area contributed by atoms with Crippen LogP contribution in [0.25, 0.3) is 0 Å². The van der Waals surface area contributed by atoms with Gasteiger partial charge in [0.1, 0.15) is 5.75 Å². The third kappa shape index (κ3) is 7.10. The second kappa shape index (κ2) is 12.2. The van der Waals surface area contributed by atoms with Gasteiger partial charge in [-0.05, 0) is 69.5 Å². The molecule has 1 unspecified atom stereocenters. The van der Waals surface area contributed by atoms with Crippen molar-refractivity contribution in [2.75, 3.05) is 19.7 Å². The largest absolute Gasteiger partial charge is 0.490 e. The molecule has 0 amide bonds. The Kier molecular flexibility index (Phi) is 10.5. The smallest absolute Gasteiger partial charge is 0.338 e. The average Bonchev–Trinajstić information content (AvgIpc) is 2.60. The standard InChI is InChI=1S/C19H30ClNO3/c1-4-16(9-7-8-12-21-5-2)24-17-10-11-18(15(13-17)14-20)19(22)23-6-3/h10-11,13,16,21H,4-9,12,14H2,1-3H3. The van der Waals surface area contributed by atoms with Crippen molar-refractivity contribution in [3.8, 4) is 5.75 Å². The molecule has 4 nitrogen and oxygen atoms in total. The predicted octanol–water partition coefficient (Wildman–Crippen LogP) is 4.54. The van der Waals surface area contributed by atoms with Crippen LogP contribution < -0.4 is 10.1 Å². The topological polar surface area (TPSA) is 47.6 Å². The quantitative estimate of drug-likeness (QED) is 0.340. The number of ether oxygens (including phenoxy) is 2. The van der Waals surface area contributed by atoms with Gasteiger partial charge in [-0.15, -0.1) is 11.6 Å². The van der Waals surface area contributed by atoms with Crippen molar-refractivity contribution in [3.05, 3.63) is 29.3 Å². The van der Waals surface area contributed by atoms with Gasteiger partial charge >= 0.3 is 5.97 Å². The van der Waals surface area contributed by atoms with Crippen LogP contribution in [0.5, 0.6) is 5.75 Å². The van der Waals surface area contributed by atoms with E-state index in [1.54, 1.807) is 13.0 Å². The van der Waals surface area contributed by atoms with E-state index in [9.17, 15) is 4.79 Å². The van der Waals surface area contributed by atoms with E-state index in [2.05, 4.69) is 19.2 Å². The zero-order chi connectivity index (χ0) is 17.8. The molecule has 0 aliphatic carbocycles. The van der Waals surface area contributed by atoms with Gasteiger partial charge < -0.3 is 14.8 Å². The Hall–Kier alpha value is -1.26. The summed E-state index contributed by atoms with van der Waals surface area (Å²) >= 11 is 5.98. The number of alkyl halides is 1. The van der Waals surface area contributed by atoms with Gasteiger partial charge in [-0.2, -0.15) is 0 Å². The average molecular weight is 356 g/mol. The van der Waals surface area contributed by atoms with Gasteiger partial charge in [-0.25, -0.2) is 4.79 Å². The van der Waals surface area contributed by atoms with Crippen LogP contribution in [0.1, 0.15) is 62.4 Å². The van der Waals surface area contributed by atoms with Crippen LogP contribution in [0.3, 0.4) is 0 Å². The molecular weight excluding hydrogens is 326 g/mol. The van der Waals surface area contributed by atoms with Crippen molar-refractivity contribution in [2.24, 2.45) is 0 Å². The summed E-state index contributed by atoms with van der Waals surface area (Å²) in [6.07, 6.45) is 4.45. The van der Waals surface area contributed by atoms with Crippen LogP contribution in [0.15, 0.2) is 18.2 Å². The lowest BCUT2D eigenvalue weighted by Gasteiger charge is -2.18. The van der Waals surface area contributed by atoms with Crippen molar-refractivity contribution in [1.29, 1.82) is 0 Å². The lowest BCUT2D eigenvalue weighted by molar-refractivity contribution is 0.0525. The molecule has 136 valence electrons. The highest BCUT2D eigenvalue weighted by Gasteiger charge is 2.14. The van der Waals surface area contributed by atoms with E-state index in [1.807, 2.05) is 12.1 Å². The van der Waals surface area contributed by atoms with Crippen LogP contribution in [0.2, 0.25) is 0 Å². The van der Waals surface area contributed by atoms with Gasteiger partial charge in [0.05, 0.1) is 18.3 Å². The van der Waals surface area contributed by atoms with E-state index in [0.29, 0.717) is 12.2 Å². The van der Waals surface area contributed by atoms with E-state index in [1.165, 1.54) is 0 Å². The molecule has 1 rings (SSSR count). The van der Waals surface area contributed by atoms with Crippen LogP contribution in [0.4, 0.5) is 0 Å². The summed E-state index contributed by atoms with van der Waals surface area (Å²) in [6.45, 7) is 8.46. The molecule has 0 aliphatic rings. The first-order valence-electron chi connectivity index (χ1n) is 8.89. The van der Waals surface area contributed by atoms with Crippen molar-refractivity contribution in [2.45, 2.75) is 58.4 Å². The van der Waals surface area contributed by atoms with Crippen LogP contribution in [-0.4, -0.2) is 31.8 Å². The highest BCUT2D eigenvalue weighted by atomic mass is 35.5. The number of nitrogens with one attached hydrogen (secondary N) is 1. The summed E-state index contributed by atoms with van der Waals surface area (Å²) in [7, 11) is 0. The molecule has 0 saturated carbocycles. The second-order valence-electron chi connectivity index (χ2n) is 5.67. The molecule has 0 saturated heterocycles. The van der Waals surface area contributed by atoms with Gasteiger partial charge in [0.15, 0.2) is 0 Å². The van der Waals surface area contributed by atoms with Gasteiger partial charge in [-0.3, -0.25) is 0 Å². The molecule has 0 fully saturated rings. The Labute approximate surface area is 150 Å². The number of halogens is 1. The molecule has 0 spiro atoms. The van der Waals surface area contributed by atoms with Crippen molar-refractivity contribution in [3.63, 3.8) is 0 Å². The maximum Gasteiger partial charge on any atom is 0.338 e. The molecule has 1 aromatic carbocycles. The fourth-order valence-corrected chi connectivity index (χ4v) is 2.72. The third-order valence-electron chi connectivity index (χ3n) is 3.85. The maximum absolute atomic E-state index is 11.9. The van der Waals surface area contributed by atoms with Gasteiger partial charge in [-0.1, -0.05) is 13.8 Å². The molecule has 5 heteroatoms. The fraction of sp³-hybridized carbons (Fsp3) is 0.632. The van der Waals surface area contributed by atoms with Crippen LogP contribution in [0, 0.1) is 0 Å². The third-order valence-corrected chi connectivity index (χ3v) is 4.14. The van der Waals surface area contributed by atoms with Crippen molar-refractivity contribution in [1.82, 2.24) is 5.32 Å². The minimum atomic E-state index is -0.338. The number of unbranched alkanes of at least 4 members (excludes halogenated alkanes) is 1. The Morgan fingerprint density at radius 3 is 2.67 bits per heavy atom. The first kappa shape index (κ1) is 20.8. The van der Waals surface area contributed by atoms with Gasteiger partial charge in [0, 0.05) is 5.88 Å². The monoisotopic (exact) mass is 355 g/mol. The lowest BCUT2D eigenvalue weighted by atomic mass is 10.1. The lowest BCUT2D eigenvalue weighted by Crippen LogP contribution is -2.18. The molecule has 0 aliphatic heterocycles. The van der Waals surface area contributed by atoms with Gasteiger partial charge in [0.2, 0.25) is 0 Å². The summed E-state index contributed by atoms with van der Waals surface area (Å²) < 4.78 is 11.1. The molecule has 1 atom stereocenters. The normalized spacial score (nSPS) is 12.0. The predicted molar refractivity (Wildman–Crippen MR) is 99.1 cm³/mol. The number of esters is 1. The highest BCUT2D eigenvalue weighted by Crippen LogP contribution is 2.23. The molecule has 24 heavy (non-hydrogen) atoms. The molecule has 1 N–H and O–H groups in total. The number of carbonyl (C=O) groups excluding carboxylic acids is 1. The van der Waals surface area contributed by atoms with Crippen LogP contribution in [-0.2, 0) is 10.6 Å². The zero-order valence-electron chi connectivity index (χ0n) is 15.1. The summed E-state index contributed by atoms with van der Waals surface area (Å²) in [6, 6.07) is 5.41. The highest BCUT2D eigenvalue weighted by molar-refractivity contribution is 6.17. The Morgan fingerprint density at radius 2 is 2.04 bits per heavy atom. The summed E-state index contributed by atoms with van der Waals surface area (Å²) in [5.74, 6) is 0.678. The zero-order valence-corrected chi connectivity index (χ0v) is 15.8. The van der Waals surface area contributed by atoms with Crippen LogP contribution >= 0.6 is 11.6 Å². The Balaban J connectivity index is 2.63. The maximum atomic E-state index is 11.9. The molecular formula is C19H30ClNO3. The van der Waals surface area contributed by atoms with E-state index in [4.69, 9.17) is 21.1 Å². The molecule has 0 aromatic heterocycles. The second-order valence-corrected chi connectivity index (χ2v) is 5.94. The van der Waals surface area contributed by atoms with Crippen molar-refractivity contribution >= 4 is 17.6 Å². The molecule has 1 aromatic rings. The summed E-state index contributed by atoms with van der Waals surface area (Å²) in [5.41, 5.74) is 1.26. The number of carbonyl (C=O) groups is 1. The van der Waals surface area contributed by atoms with E-state index in [-0.39, 0.29) is 18.0 Å². The minimum absolute atomic E-state index is 0.184. The first-order chi connectivity index (χ1) is 11.7. The van der Waals surface area contributed by atoms with E-state index >= 15 is 0 Å². The fourth-order valence-electron chi connectivity index (χ4n) is 2.50. The molecule has 0 bridgehead atoms. The number of hydrogen-bond acceptors (Lipinski definition) is 4. The Morgan fingerprint density at radius 1 is 1.25 bits per heavy atom. The number of hydrogen-bond donors (Lipinski definition) is 1.